The minimum Gasteiger partial charge on any atom is -0.497 e. The van der Waals surface area contributed by atoms with Crippen molar-refractivity contribution in [3.8, 4) is 22.6 Å². The molecule has 2 fully saturated rings. The van der Waals surface area contributed by atoms with E-state index >= 15 is 4.39 Å². The van der Waals surface area contributed by atoms with Crippen molar-refractivity contribution >= 4 is 5.97 Å². The Morgan fingerprint density at radius 3 is 2.54 bits per heavy atom. The standard InChI is InChI=1S/C34H39FO4/c1-34(2)15-5-8-31(34)29-17-23(11-13-28(29)30-20-26(38-3)12-14-32(30)35)21-39-27-7-4-6-24(18-27)25(19-33(36)37)16-22-9-10-22/h4,6-7,11-14,17-18,20,22,25,31H,5,8-10,15-16,19,21H2,1-3H3,(H,36,37)/t25-,31+/m0/s1. The molecule has 2 saturated carbocycles. The second kappa shape index (κ2) is 11.4. The van der Waals surface area contributed by atoms with Crippen molar-refractivity contribution in [1.29, 1.82) is 0 Å². The van der Waals surface area contributed by atoms with E-state index in [1.807, 2.05) is 36.4 Å². The van der Waals surface area contributed by atoms with Crippen molar-refractivity contribution < 1.29 is 23.8 Å². The van der Waals surface area contributed by atoms with Gasteiger partial charge in [0.1, 0.15) is 23.9 Å². The van der Waals surface area contributed by atoms with Gasteiger partial charge in [-0.3, -0.25) is 4.79 Å². The summed E-state index contributed by atoms with van der Waals surface area (Å²) < 4.78 is 26.7. The van der Waals surface area contributed by atoms with Gasteiger partial charge in [-0.25, -0.2) is 4.39 Å². The van der Waals surface area contributed by atoms with Gasteiger partial charge in [0.25, 0.3) is 0 Å². The molecule has 2 aliphatic rings. The molecule has 2 aliphatic carbocycles. The molecule has 3 aromatic carbocycles. The third-order valence-electron chi connectivity index (χ3n) is 8.68. The Hall–Kier alpha value is -3.34. The van der Waals surface area contributed by atoms with Gasteiger partial charge in [-0.2, -0.15) is 0 Å². The number of carboxylic acids is 1. The predicted octanol–water partition coefficient (Wildman–Crippen LogP) is 8.73. The molecule has 0 heterocycles. The van der Waals surface area contributed by atoms with E-state index in [2.05, 4.69) is 19.9 Å². The number of methoxy groups -OCH3 is 1. The van der Waals surface area contributed by atoms with Gasteiger partial charge in [0.2, 0.25) is 0 Å². The molecule has 0 aromatic heterocycles. The van der Waals surface area contributed by atoms with E-state index in [-0.39, 0.29) is 23.6 Å². The highest BCUT2D eigenvalue weighted by atomic mass is 19.1. The van der Waals surface area contributed by atoms with Crippen LogP contribution in [0.25, 0.3) is 11.1 Å². The van der Waals surface area contributed by atoms with Crippen LogP contribution < -0.4 is 9.47 Å². The first-order chi connectivity index (χ1) is 18.7. The number of hydrogen-bond acceptors (Lipinski definition) is 3. The van der Waals surface area contributed by atoms with Crippen LogP contribution in [0.1, 0.15) is 87.3 Å². The van der Waals surface area contributed by atoms with Gasteiger partial charge in [0.05, 0.1) is 13.5 Å². The number of carbonyl (C=O) groups is 1. The van der Waals surface area contributed by atoms with Crippen molar-refractivity contribution in [1.82, 2.24) is 0 Å². The predicted molar refractivity (Wildman–Crippen MR) is 152 cm³/mol. The fourth-order valence-electron chi connectivity index (χ4n) is 6.31. The maximum absolute atomic E-state index is 15.1. The van der Waals surface area contributed by atoms with Crippen LogP contribution in [0.2, 0.25) is 0 Å². The summed E-state index contributed by atoms with van der Waals surface area (Å²) >= 11 is 0. The summed E-state index contributed by atoms with van der Waals surface area (Å²) in [6.07, 6.45) is 6.82. The number of benzene rings is 3. The first-order valence-electron chi connectivity index (χ1n) is 14.1. The zero-order valence-corrected chi connectivity index (χ0v) is 23.2. The molecule has 0 bridgehead atoms. The van der Waals surface area contributed by atoms with E-state index in [0.29, 0.717) is 29.8 Å². The highest BCUT2D eigenvalue weighted by Crippen LogP contribution is 2.51. The first kappa shape index (κ1) is 27.2. The highest BCUT2D eigenvalue weighted by molar-refractivity contribution is 5.71. The van der Waals surface area contributed by atoms with Crippen LogP contribution in [0.3, 0.4) is 0 Å². The third kappa shape index (κ3) is 6.46. The van der Waals surface area contributed by atoms with Gasteiger partial charge in [0, 0.05) is 5.56 Å². The SMILES string of the molecule is COc1ccc(F)c(-c2ccc(COc3cccc([C@H](CC(=O)O)CC4CC4)c3)cc2[C@H]2CCCC2(C)C)c1. The second-order valence-electron chi connectivity index (χ2n) is 12.0. The molecule has 0 spiro atoms. The molecular formula is C34H39FO4. The summed E-state index contributed by atoms with van der Waals surface area (Å²) in [5, 5.41) is 9.44. The summed E-state index contributed by atoms with van der Waals surface area (Å²) in [4.78, 5) is 11.5. The molecule has 2 atom stereocenters. The maximum atomic E-state index is 15.1. The minimum absolute atomic E-state index is 0.00629. The topological polar surface area (TPSA) is 55.8 Å². The molecular weight excluding hydrogens is 491 g/mol. The van der Waals surface area contributed by atoms with Crippen LogP contribution >= 0.6 is 0 Å². The van der Waals surface area contributed by atoms with Crippen molar-refractivity contribution in [3.63, 3.8) is 0 Å². The quantitative estimate of drug-likeness (QED) is 0.269. The molecule has 3 aromatic rings. The van der Waals surface area contributed by atoms with E-state index < -0.39 is 5.97 Å². The summed E-state index contributed by atoms with van der Waals surface area (Å²) in [7, 11) is 1.60. The summed E-state index contributed by atoms with van der Waals surface area (Å²) in [6, 6.07) is 19.0. The summed E-state index contributed by atoms with van der Waals surface area (Å²) in [6.45, 7) is 5.00. The average molecular weight is 531 g/mol. The number of hydrogen-bond donors (Lipinski definition) is 1. The fraction of sp³-hybridized carbons (Fsp3) is 0.441. The van der Waals surface area contributed by atoms with Crippen molar-refractivity contribution in [2.45, 2.75) is 77.2 Å². The number of rotatable bonds is 11. The number of ether oxygens (including phenoxy) is 2. The molecule has 5 heteroatoms. The Morgan fingerprint density at radius 2 is 1.85 bits per heavy atom. The lowest BCUT2D eigenvalue weighted by Crippen LogP contribution is -2.17. The third-order valence-corrected chi connectivity index (χ3v) is 8.68. The molecule has 0 radical (unpaired) electrons. The van der Waals surface area contributed by atoms with Crippen LogP contribution in [-0.2, 0) is 11.4 Å². The fourth-order valence-corrected chi connectivity index (χ4v) is 6.31. The van der Waals surface area contributed by atoms with E-state index in [1.165, 1.54) is 18.9 Å². The highest BCUT2D eigenvalue weighted by Gasteiger charge is 2.37. The molecule has 0 unspecified atom stereocenters. The Labute approximate surface area is 231 Å². The average Bonchev–Trinajstić information content (AvgIpc) is 3.66. The van der Waals surface area contributed by atoms with Crippen LogP contribution in [0, 0.1) is 17.2 Å². The molecule has 0 amide bonds. The van der Waals surface area contributed by atoms with Crippen molar-refractivity contribution in [2.75, 3.05) is 7.11 Å². The number of halogens is 1. The summed E-state index contributed by atoms with van der Waals surface area (Å²) in [5.74, 6) is 1.33. The smallest absolute Gasteiger partial charge is 0.303 e. The molecule has 1 N–H and O–H groups in total. The minimum atomic E-state index is -0.762. The lowest BCUT2D eigenvalue weighted by Gasteiger charge is -2.30. The Kier molecular flexibility index (Phi) is 7.97. The van der Waals surface area contributed by atoms with Crippen LogP contribution in [0.15, 0.2) is 60.7 Å². The molecule has 39 heavy (non-hydrogen) atoms. The molecule has 4 nitrogen and oxygen atoms in total. The van der Waals surface area contributed by atoms with E-state index in [0.717, 1.165) is 53.7 Å². The maximum Gasteiger partial charge on any atom is 0.303 e. The lowest BCUT2D eigenvalue weighted by atomic mass is 9.75. The van der Waals surface area contributed by atoms with Crippen molar-refractivity contribution in [2.24, 2.45) is 11.3 Å². The summed E-state index contributed by atoms with van der Waals surface area (Å²) in [5.41, 5.74) is 4.81. The Balaban J connectivity index is 1.41. The monoisotopic (exact) mass is 530 g/mol. The van der Waals surface area contributed by atoms with Gasteiger partial charge >= 0.3 is 5.97 Å². The van der Waals surface area contributed by atoms with Gasteiger partial charge in [-0.15, -0.1) is 0 Å². The van der Waals surface area contributed by atoms with E-state index in [1.54, 1.807) is 19.2 Å². The van der Waals surface area contributed by atoms with Gasteiger partial charge < -0.3 is 14.6 Å². The zero-order valence-electron chi connectivity index (χ0n) is 23.2. The zero-order chi connectivity index (χ0) is 27.6. The van der Waals surface area contributed by atoms with Gasteiger partial charge in [-0.1, -0.05) is 63.4 Å². The normalized spacial score (nSPS) is 19.0. The van der Waals surface area contributed by atoms with Gasteiger partial charge in [0.15, 0.2) is 0 Å². The largest absolute Gasteiger partial charge is 0.497 e. The van der Waals surface area contributed by atoms with Crippen LogP contribution in [0.5, 0.6) is 11.5 Å². The van der Waals surface area contributed by atoms with E-state index in [9.17, 15) is 9.90 Å². The number of carboxylic acid groups (broad SMARTS) is 1. The molecule has 5 rings (SSSR count). The van der Waals surface area contributed by atoms with Crippen molar-refractivity contribution in [3.05, 3.63) is 83.2 Å². The molecule has 0 saturated heterocycles. The molecule has 0 aliphatic heterocycles. The van der Waals surface area contributed by atoms with Gasteiger partial charge in [-0.05, 0) is 95.0 Å². The van der Waals surface area contributed by atoms with Crippen LogP contribution in [0.4, 0.5) is 4.39 Å². The second-order valence-corrected chi connectivity index (χ2v) is 12.0. The Morgan fingerprint density at radius 1 is 1.03 bits per heavy atom. The number of aliphatic carboxylic acids is 1. The molecule has 206 valence electrons. The van der Waals surface area contributed by atoms with E-state index in [4.69, 9.17) is 9.47 Å². The van der Waals surface area contributed by atoms with Crippen LogP contribution in [-0.4, -0.2) is 18.2 Å². The first-order valence-corrected chi connectivity index (χ1v) is 14.1. The lowest BCUT2D eigenvalue weighted by molar-refractivity contribution is -0.137. The Bertz CT molecular complexity index is 1330.